The molecule has 1 aromatic carbocycles. The van der Waals surface area contributed by atoms with E-state index in [4.69, 9.17) is 11.6 Å². The van der Waals surface area contributed by atoms with Gasteiger partial charge in [0, 0.05) is 5.02 Å². The van der Waals surface area contributed by atoms with Crippen LogP contribution in [0.25, 0.3) is 5.69 Å². The summed E-state index contributed by atoms with van der Waals surface area (Å²) in [6.07, 6.45) is 0. The monoisotopic (exact) mass is 265 g/mol. The van der Waals surface area contributed by atoms with Crippen molar-refractivity contribution in [3.63, 3.8) is 0 Å². The number of rotatable bonds is 3. The average Bonchev–Trinajstić information content (AvgIpc) is 2.79. The SMILES string of the molecule is CN(C)C(C)(C)c1nnnn1-c1ccc(Cl)cc1. The molecule has 0 aliphatic carbocycles. The molecule has 0 aliphatic rings. The molecule has 18 heavy (non-hydrogen) atoms. The van der Waals surface area contributed by atoms with Crippen molar-refractivity contribution in [2.75, 3.05) is 14.1 Å². The molecule has 2 aromatic rings. The van der Waals surface area contributed by atoms with Crippen LogP contribution >= 0.6 is 11.6 Å². The molecule has 2 rings (SSSR count). The average molecular weight is 266 g/mol. The van der Waals surface area contributed by atoms with Gasteiger partial charge in [0.25, 0.3) is 0 Å². The second kappa shape index (κ2) is 4.66. The maximum atomic E-state index is 5.88. The number of nitrogens with zero attached hydrogens (tertiary/aromatic N) is 5. The Bertz CT molecular complexity index is 530. The highest BCUT2D eigenvalue weighted by Crippen LogP contribution is 2.24. The second-order valence-electron chi connectivity index (χ2n) is 4.84. The summed E-state index contributed by atoms with van der Waals surface area (Å²) < 4.78 is 1.73. The zero-order chi connectivity index (χ0) is 13.3. The number of halogens is 1. The van der Waals surface area contributed by atoms with Gasteiger partial charge in [-0.05, 0) is 62.6 Å². The van der Waals surface area contributed by atoms with Crippen LogP contribution in [0.2, 0.25) is 5.02 Å². The number of hydrogen-bond acceptors (Lipinski definition) is 4. The Morgan fingerprint density at radius 2 is 1.78 bits per heavy atom. The first-order valence-corrected chi connectivity index (χ1v) is 6.03. The van der Waals surface area contributed by atoms with E-state index in [0.717, 1.165) is 11.5 Å². The Labute approximate surface area is 111 Å². The molecule has 0 N–H and O–H groups in total. The normalized spacial score (nSPS) is 12.1. The lowest BCUT2D eigenvalue weighted by Gasteiger charge is -2.30. The van der Waals surface area contributed by atoms with Gasteiger partial charge in [0.1, 0.15) is 0 Å². The molecule has 1 heterocycles. The van der Waals surface area contributed by atoms with E-state index in [1.165, 1.54) is 0 Å². The van der Waals surface area contributed by atoms with Gasteiger partial charge in [-0.15, -0.1) is 5.10 Å². The number of aromatic nitrogens is 4. The van der Waals surface area contributed by atoms with E-state index in [-0.39, 0.29) is 5.54 Å². The van der Waals surface area contributed by atoms with Crippen molar-refractivity contribution in [3.8, 4) is 5.69 Å². The van der Waals surface area contributed by atoms with Crippen molar-refractivity contribution in [2.24, 2.45) is 0 Å². The van der Waals surface area contributed by atoms with Crippen LogP contribution in [-0.2, 0) is 5.54 Å². The molecule has 0 saturated heterocycles. The van der Waals surface area contributed by atoms with Gasteiger partial charge in [0.05, 0.1) is 11.2 Å². The van der Waals surface area contributed by atoms with Gasteiger partial charge < -0.3 is 0 Å². The Morgan fingerprint density at radius 1 is 1.17 bits per heavy atom. The van der Waals surface area contributed by atoms with Crippen molar-refractivity contribution in [2.45, 2.75) is 19.4 Å². The molecular formula is C12H16ClN5. The highest BCUT2D eigenvalue weighted by Gasteiger charge is 2.30. The van der Waals surface area contributed by atoms with Crippen LogP contribution in [0.1, 0.15) is 19.7 Å². The molecule has 1 aromatic heterocycles. The predicted octanol–water partition coefficient (Wildman–Crippen LogP) is 2.11. The molecule has 0 radical (unpaired) electrons. The van der Waals surface area contributed by atoms with Crippen molar-refractivity contribution >= 4 is 11.6 Å². The van der Waals surface area contributed by atoms with Crippen LogP contribution in [0.15, 0.2) is 24.3 Å². The number of benzene rings is 1. The summed E-state index contributed by atoms with van der Waals surface area (Å²) >= 11 is 5.88. The lowest BCUT2D eigenvalue weighted by atomic mass is 10.0. The minimum atomic E-state index is -0.261. The van der Waals surface area contributed by atoms with E-state index in [9.17, 15) is 0 Å². The first-order valence-electron chi connectivity index (χ1n) is 5.65. The zero-order valence-electron chi connectivity index (χ0n) is 10.9. The maximum absolute atomic E-state index is 5.88. The first kappa shape index (κ1) is 13.0. The van der Waals surface area contributed by atoms with Gasteiger partial charge in [-0.3, -0.25) is 4.90 Å². The van der Waals surface area contributed by atoms with E-state index in [2.05, 4.69) is 34.3 Å². The summed E-state index contributed by atoms with van der Waals surface area (Å²) in [5, 5.41) is 12.7. The third-order valence-electron chi connectivity index (χ3n) is 3.21. The molecule has 0 saturated carbocycles. The fourth-order valence-electron chi connectivity index (χ4n) is 1.52. The van der Waals surface area contributed by atoms with Crippen LogP contribution in [0, 0.1) is 0 Å². The van der Waals surface area contributed by atoms with Gasteiger partial charge >= 0.3 is 0 Å². The molecule has 6 heteroatoms. The quantitative estimate of drug-likeness (QED) is 0.853. The van der Waals surface area contributed by atoms with Crippen LogP contribution < -0.4 is 0 Å². The van der Waals surface area contributed by atoms with E-state index in [1.54, 1.807) is 4.68 Å². The Balaban J connectivity index is 2.48. The summed E-state index contributed by atoms with van der Waals surface area (Å²) in [7, 11) is 4.00. The summed E-state index contributed by atoms with van der Waals surface area (Å²) in [5.41, 5.74) is 0.637. The summed E-state index contributed by atoms with van der Waals surface area (Å²) in [4.78, 5) is 2.07. The third kappa shape index (κ3) is 2.23. The predicted molar refractivity (Wildman–Crippen MR) is 70.9 cm³/mol. The van der Waals surface area contributed by atoms with Crippen molar-refractivity contribution in [3.05, 3.63) is 35.1 Å². The molecule has 0 amide bonds. The number of tetrazole rings is 1. The summed E-state index contributed by atoms with van der Waals surface area (Å²) in [6.45, 7) is 4.15. The molecule has 0 spiro atoms. The van der Waals surface area contributed by atoms with Crippen molar-refractivity contribution in [1.29, 1.82) is 0 Å². The zero-order valence-corrected chi connectivity index (χ0v) is 11.7. The molecule has 0 unspecified atom stereocenters. The van der Waals surface area contributed by atoms with Gasteiger partial charge in [-0.2, -0.15) is 4.68 Å². The van der Waals surface area contributed by atoms with E-state index < -0.39 is 0 Å². The second-order valence-corrected chi connectivity index (χ2v) is 5.28. The lowest BCUT2D eigenvalue weighted by Crippen LogP contribution is -2.38. The molecular weight excluding hydrogens is 250 g/mol. The highest BCUT2D eigenvalue weighted by molar-refractivity contribution is 6.30. The maximum Gasteiger partial charge on any atom is 0.176 e. The molecule has 5 nitrogen and oxygen atoms in total. The first-order chi connectivity index (χ1) is 8.43. The minimum absolute atomic E-state index is 0.261. The summed E-state index contributed by atoms with van der Waals surface area (Å²) in [5.74, 6) is 0.787. The van der Waals surface area contributed by atoms with Crippen LogP contribution in [0.3, 0.4) is 0 Å². The highest BCUT2D eigenvalue weighted by atomic mass is 35.5. The Morgan fingerprint density at radius 3 is 2.33 bits per heavy atom. The summed E-state index contributed by atoms with van der Waals surface area (Å²) in [6, 6.07) is 7.44. The third-order valence-corrected chi connectivity index (χ3v) is 3.46. The van der Waals surface area contributed by atoms with E-state index in [0.29, 0.717) is 5.02 Å². The number of hydrogen-bond donors (Lipinski definition) is 0. The molecule has 0 aliphatic heterocycles. The van der Waals surface area contributed by atoms with E-state index >= 15 is 0 Å². The molecule has 96 valence electrons. The minimum Gasteiger partial charge on any atom is -0.297 e. The smallest absolute Gasteiger partial charge is 0.176 e. The fourth-order valence-corrected chi connectivity index (χ4v) is 1.65. The Kier molecular flexibility index (Phi) is 3.36. The van der Waals surface area contributed by atoms with Gasteiger partial charge in [-0.25, -0.2) is 0 Å². The van der Waals surface area contributed by atoms with Crippen LogP contribution in [0.4, 0.5) is 0 Å². The molecule has 0 atom stereocenters. The fraction of sp³-hybridized carbons (Fsp3) is 0.417. The van der Waals surface area contributed by atoms with Gasteiger partial charge in [-0.1, -0.05) is 11.6 Å². The standard InChI is InChI=1S/C12H16ClN5/c1-12(2,17(3)4)11-14-15-16-18(11)10-7-5-9(13)6-8-10/h5-8H,1-4H3. The topological polar surface area (TPSA) is 46.8 Å². The van der Waals surface area contributed by atoms with Crippen molar-refractivity contribution in [1.82, 2.24) is 25.1 Å². The molecule has 0 bridgehead atoms. The largest absolute Gasteiger partial charge is 0.297 e. The van der Waals surface area contributed by atoms with Crippen molar-refractivity contribution < 1.29 is 0 Å². The van der Waals surface area contributed by atoms with E-state index in [1.807, 2.05) is 38.4 Å². The molecule has 0 fully saturated rings. The van der Waals surface area contributed by atoms with Crippen LogP contribution in [0.5, 0.6) is 0 Å². The van der Waals surface area contributed by atoms with Gasteiger partial charge in [0.15, 0.2) is 5.82 Å². The lowest BCUT2D eigenvalue weighted by molar-refractivity contribution is 0.182. The van der Waals surface area contributed by atoms with Gasteiger partial charge in [0.2, 0.25) is 0 Å². The Hall–Kier alpha value is -1.46. The van der Waals surface area contributed by atoms with Crippen LogP contribution in [-0.4, -0.2) is 39.2 Å².